The van der Waals surface area contributed by atoms with Crippen molar-refractivity contribution in [1.29, 1.82) is 0 Å². The summed E-state index contributed by atoms with van der Waals surface area (Å²) in [4.78, 5) is 12.0. The monoisotopic (exact) mass is 422 g/mol. The van der Waals surface area contributed by atoms with Gasteiger partial charge in [-0.25, -0.2) is 4.79 Å². The summed E-state index contributed by atoms with van der Waals surface area (Å²) in [6.07, 6.45) is -6.85. The van der Waals surface area contributed by atoms with Crippen molar-refractivity contribution in [3.63, 3.8) is 0 Å². The van der Waals surface area contributed by atoms with Crippen molar-refractivity contribution in [3.8, 4) is 17.2 Å². The summed E-state index contributed by atoms with van der Waals surface area (Å²) in [6, 6.07) is 9.79. The number of aliphatic hydroxyl groups excluding tert-OH is 4. The number of benzene rings is 2. The number of aromatic hydroxyl groups is 2. The summed E-state index contributed by atoms with van der Waals surface area (Å²) in [5.41, 5.74) is 0.685. The van der Waals surface area contributed by atoms with Crippen LogP contribution in [0.2, 0.25) is 0 Å². The van der Waals surface area contributed by atoms with Crippen molar-refractivity contribution in [2.45, 2.75) is 37.3 Å². The molecule has 2 aromatic rings. The zero-order chi connectivity index (χ0) is 21.8. The summed E-state index contributed by atoms with van der Waals surface area (Å²) < 4.78 is 15.7. The van der Waals surface area contributed by atoms with Crippen LogP contribution in [0.5, 0.6) is 17.2 Å². The first-order valence-corrected chi connectivity index (χ1v) is 9.05. The molecule has 1 aliphatic heterocycles. The van der Waals surface area contributed by atoms with E-state index in [0.29, 0.717) is 5.56 Å². The van der Waals surface area contributed by atoms with Crippen molar-refractivity contribution in [2.24, 2.45) is 0 Å². The highest BCUT2D eigenvalue weighted by atomic mass is 16.7. The number of rotatable bonds is 6. The molecule has 1 aliphatic rings. The molecule has 30 heavy (non-hydrogen) atoms. The van der Waals surface area contributed by atoms with Crippen LogP contribution in [0.3, 0.4) is 0 Å². The SMILES string of the molecule is O=C(OCc1ccc(O[C@@H]2[C@@H](O)[C@H](O)[C@@H](CO)O[C@H]2O)cc1)c1ccc(O)c(O)c1. The smallest absolute Gasteiger partial charge is 0.338 e. The van der Waals surface area contributed by atoms with Gasteiger partial charge in [0.15, 0.2) is 23.9 Å². The molecule has 6 N–H and O–H groups in total. The highest BCUT2D eigenvalue weighted by molar-refractivity contribution is 5.90. The van der Waals surface area contributed by atoms with Crippen LogP contribution in [0.1, 0.15) is 15.9 Å². The summed E-state index contributed by atoms with van der Waals surface area (Å²) in [7, 11) is 0. The van der Waals surface area contributed by atoms with Gasteiger partial charge in [0.2, 0.25) is 0 Å². The zero-order valence-electron chi connectivity index (χ0n) is 15.7. The molecule has 2 aromatic carbocycles. The van der Waals surface area contributed by atoms with Crippen LogP contribution in [0.15, 0.2) is 42.5 Å². The van der Waals surface area contributed by atoms with E-state index in [1.165, 1.54) is 24.3 Å². The maximum Gasteiger partial charge on any atom is 0.338 e. The molecule has 0 unspecified atom stereocenters. The Morgan fingerprint density at radius 1 is 0.967 bits per heavy atom. The van der Waals surface area contributed by atoms with Crippen LogP contribution in [-0.4, -0.2) is 73.9 Å². The molecule has 0 saturated carbocycles. The fourth-order valence-electron chi connectivity index (χ4n) is 2.90. The van der Waals surface area contributed by atoms with Gasteiger partial charge in [-0.1, -0.05) is 12.1 Å². The van der Waals surface area contributed by atoms with Crippen LogP contribution in [0.25, 0.3) is 0 Å². The zero-order valence-corrected chi connectivity index (χ0v) is 15.7. The predicted octanol–water partition coefficient (Wildman–Crippen LogP) is -0.367. The summed E-state index contributed by atoms with van der Waals surface area (Å²) in [6.45, 7) is -0.644. The molecule has 0 aliphatic carbocycles. The number of hydrogen-bond acceptors (Lipinski definition) is 10. The lowest BCUT2D eigenvalue weighted by Crippen LogP contribution is -2.60. The molecule has 5 atom stereocenters. The van der Waals surface area contributed by atoms with Gasteiger partial charge in [-0.15, -0.1) is 0 Å². The van der Waals surface area contributed by atoms with E-state index in [1.54, 1.807) is 12.1 Å². The summed E-state index contributed by atoms with van der Waals surface area (Å²) in [5, 5.41) is 57.7. The maximum absolute atomic E-state index is 12.0. The fourth-order valence-corrected chi connectivity index (χ4v) is 2.90. The molecule has 1 heterocycles. The molecule has 0 aromatic heterocycles. The van der Waals surface area contributed by atoms with Gasteiger partial charge in [0.1, 0.15) is 30.7 Å². The Kier molecular flexibility index (Phi) is 6.75. The quantitative estimate of drug-likeness (QED) is 0.267. The molecule has 10 heteroatoms. The van der Waals surface area contributed by atoms with E-state index in [9.17, 15) is 30.3 Å². The molecule has 3 rings (SSSR count). The molecule has 162 valence electrons. The molecule has 0 spiro atoms. The molecule has 0 radical (unpaired) electrons. The van der Waals surface area contributed by atoms with E-state index in [-0.39, 0.29) is 23.7 Å². The van der Waals surface area contributed by atoms with Crippen LogP contribution in [-0.2, 0) is 16.1 Å². The van der Waals surface area contributed by atoms with Crippen LogP contribution >= 0.6 is 0 Å². The van der Waals surface area contributed by atoms with Crippen LogP contribution in [0.4, 0.5) is 0 Å². The molecule has 1 saturated heterocycles. The van der Waals surface area contributed by atoms with Gasteiger partial charge in [0, 0.05) is 0 Å². The first-order valence-electron chi connectivity index (χ1n) is 9.05. The van der Waals surface area contributed by atoms with Gasteiger partial charge in [-0.05, 0) is 35.9 Å². The number of phenols is 2. The normalized spacial score (nSPS) is 26.2. The molecule has 0 bridgehead atoms. The topological polar surface area (TPSA) is 166 Å². The molecular formula is C20H22O10. The van der Waals surface area contributed by atoms with Gasteiger partial charge in [0.05, 0.1) is 12.2 Å². The Balaban J connectivity index is 1.57. The highest BCUT2D eigenvalue weighted by Crippen LogP contribution is 2.26. The standard InChI is InChI=1S/C20H22O10/c21-8-15-16(24)17(25)18(20(27)30-15)29-12-4-1-10(2-5-12)9-28-19(26)11-3-6-13(22)14(23)7-11/h1-7,15-18,20-25,27H,8-9H2/t15-,16-,17+,18-,20-/m1/s1. The number of esters is 1. The van der Waals surface area contributed by atoms with E-state index >= 15 is 0 Å². The molecule has 10 nitrogen and oxygen atoms in total. The third-order valence-corrected chi connectivity index (χ3v) is 4.62. The minimum absolute atomic E-state index is 0.0740. The first kappa shape index (κ1) is 21.8. The van der Waals surface area contributed by atoms with Crippen molar-refractivity contribution in [3.05, 3.63) is 53.6 Å². The van der Waals surface area contributed by atoms with E-state index in [4.69, 9.17) is 19.3 Å². The Morgan fingerprint density at radius 2 is 1.67 bits per heavy atom. The average molecular weight is 422 g/mol. The number of ether oxygens (including phenoxy) is 3. The lowest BCUT2D eigenvalue weighted by molar-refractivity contribution is -0.280. The third kappa shape index (κ3) is 4.81. The van der Waals surface area contributed by atoms with Gasteiger partial charge < -0.3 is 44.8 Å². The predicted molar refractivity (Wildman–Crippen MR) is 99.7 cm³/mol. The van der Waals surface area contributed by atoms with Gasteiger partial charge in [0.25, 0.3) is 0 Å². The lowest BCUT2D eigenvalue weighted by Gasteiger charge is -2.39. The first-order chi connectivity index (χ1) is 14.3. The maximum atomic E-state index is 12.0. The Hall–Kier alpha value is -2.89. The summed E-state index contributed by atoms with van der Waals surface area (Å²) in [5.74, 6) is -1.21. The van der Waals surface area contributed by atoms with Gasteiger partial charge >= 0.3 is 5.97 Å². The number of carbonyl (C=O) groups is 1. The lowest BCUT2D eigenvalue weighted by atomic mass is 9.99. The minimum Gasteiger partial charge on any atom is -0.504 e. The van der Waals surface area contributed by atoms with E-state index < -0.39 is 49.0 Å². The molecular weight excluding hydrogens is 400 g/mol. The van der Waals surface area contributed by atoms with Gasteiger partial charge in [-0.3, -0.25) is 0 Å². The molecule has 1 fully saturated rings. The number of phenolic OH excluding ortho intramolecular Hbond substituents is 2. The van der Waals surface area contributed by atoms with Crippen LogP contribution < -0.4 is 4.74 Å². The van der Waals surface area contributed by atoms with Crippen molar-refractivity contribution >= 4 is 5.97 Å². The molecule has 0 amide bonds. The second kappa shape index (κ2) is 9.28. The summed E-state index contributed by atoms with van der Waals surface area (Å²) >= 11 is 0. The second-order valence-corrected chi connectivity index (χ2v) is 6.73. The Morgan fingerprint density at radius 3 is 2.30 bits per heavy atom. The Labute approximate surface area is 171 Å². The number of aliphatic hydroxyl groups is 4. The Bertz CT molecular complexity index is 868. The number of hydrogen-bond donors (Lipinski definition) is 6. The van der Waals surface area contributed by atoms with Crippen molar-refractivity contribution in [2.75, 3.05) is 6.61 Å². The highest BCUT2D eigenvalue weighted by Gasteiger charge is 2.45. The fraction of sp³-hybridized carbons (Fsp3) is 0.350. The average Bonchev–Trinajstić information content (AvgIpc) is 2.74. The third-order valence-electron chi connectivity index (χ3n) is 4.62. The second-order valence-electron chi connectivity index (χ2n) is 6.73. The van der Waals surface area contributed by atoms with E-state index in [2.05, 4.69) is 0 Å². The minimum atomic E-state index is -1.55. The number of carbonyl (C=O) groups excluding carboxylic acids is 1. The van der Waals surface area contributed by atoms with Crippen molar-refractivity contribution < 1.29 is 49.6 Å². The van der Waals surface area contributed by atoms with Crippen LogP contribution in [0, 0.1) is 0 Å². The largest absolute Gasteiger partial charge is 0.504 e. The van der Waals surface area contributed by atoms with E-state index in [0.717, 1.165) is 6.07 Å². The van der Waals surface area contributed by atoms with Gasteiger partial charge in [-0.2, -0.15) is 0 Å². The van der Waals surface area contributed by atoms with Crippen molar-refractivity contribution in [1.82, 2.24) is 0 Å². The van der Waals surface area contributed by atoms with E-state index in [1.807, 2.05) is 0 Å².